The maximum Gasteiger partial charge on any atom is 0.417 e. The number of halogens is 3. The van der Waals surface area contributed by atoms with Gasteiger partial charge in [0.25, 0.3) is 5.91 Å². The number of aromatic nitrogens is 1. The molecule has 5 nitrogen and oxygen atoms in total. The van der Waals surface area contributed by atoms with Crippen LogP contribution < -0.4 is 0 Å². The molecule has 0 radical (unpaired) electrons. The lowest BCUT2D eigenvalue weighted by molar-refractivity contribution is -0.141. The molecule has 0 aliphatic heterocycles. The standard InChI is InChI=1S/C16H15F3N2O3/c1-9(15(23)24)8-21(2)14(22)11-7-20-12-6-4-3-5-10(12)13(11)16(17,18)19/h3-7,9H,8H2,1-2H3,(H,23,24). The molecule has 2 aromatic rings. The molecule has 0 spiro atoms. The largest absolute Gasteiger partial charge is 0.481 e. The van der Waals surface area contributed by atoms with Crippen molar-refractivity contribution in [2.24, 2.45) is 5.92 Å². The normalized spacial score (nSPS) is 12.9. The van der Waals surface area contributed by atoms with Crippen molar-refractivity contribution in [3.05, 3.63) is 41.6 Å². The van der Waals surface area contributed by atoms with Crippen LogP contribution in [0.3, 0.4) is 0 Å². The van der Waals surface area contributed by atoms with Crippen LogP contribution in [0, 0.1) is 5.92 Å². The van der Waals surface area contributed by atoms with Crippen molar-refractivity contribution >= 4 is 22.8 Å². The first-order valence-corrected chi connectivity index (χ1v) is 7.06. The number of carboxylic acid groups (broad SMARTS) is 1. The maximum atomic E-state index is 13.5. The van der Waals surface area contributed by atoms with E-state index in [2.05, 4.69) is 4.98 Å². The summed E-state index contributed by atoms with van der Waals surface area (Å²) < 4.78 is 40.5. The van der Waals surface area contributed by atoms with Crippen LogP contribution in [0.15, 0.2) is 30.5 Å². The van der Waals surface area contributed by atoms with Gasteiger partial charge in [-0.05, 0) is 6.07 Å². The molecule has 1 amide bonds. The number of carboxylic acids is 1. The molecular formula is C16H15F3N2O3. The SMILES string of the molecule is CC(CN(C)C(=O)c1cnc2ccccc2c1C(F)(F)F)C(=O)O. The monoisotopic (exact) mass is 340 g/mol. The second kappa shape index (κ2) is 6.46. The molecule has 0 aliphatic carbocycles. The number of hydrogen-bond donors (Lipinski definition) is 1. The first-order valence-electron chi connectivity index (χ1n) is 7.06. The van der Waals surface area contributed by atoms with Gasteiger partial charge in [0.15, 0.2) is 0 Å². The van der Waals surface area contributed by atoms with E-state index in [1.165, 1.54) is 32.2 Å². The van der Waals surface area contributed by atoms with E-state index < -0.39 is 35.1 Å². The quantitative estimate of drug-likeness (QED) is 0.929. The molecule has 1 unspecified atom stereocenters. The lowest BCUT2D eigenvalue weighted by Crippen LogP contribution is -2.35. The van der Waals surface area contributed by atoms with E-state index in [4.69, 9.17) is 5.11 Å². The van der Waals surface area contributed by atoms with Crippen LogP contribution in [0.5, 0.6) is 0 Å². The number of alkyl halides is 3. The summed E-state index contributed by atoms with van der Waals surface area (Å²) in [4.78, 5) is 28.1. The smallest absolute Gasteiger partial charge is 0.417 e. The van der Waals surface area contributed by atoms with Gasteiger partial charge in [-0.3, -0.25) is 14.6 Å². The van der Waals surface area contributed by atoms with Crippen LogP contribution in [0.1, 0.15) is 22.8 Å². The molecule has 128 valence electrons. The van der Waals surface area contributed by atoms with Gasteiger partial charge >= 0.3 is 12.1 Å². The van der Waals surface area contributed by atoms with Crippen LogP contribution in [-0.2, 0) is 11.0 Å². The Hall–Kier alpha value is -2.64. The second-order valence-corrected chi connectivity index (χ2v) is 5.49. The minimum absolute atomic E-state index is 0.128. The molecule has 0 saturated heterocycles. The summed E-state index contributed by atoms with van der Waals surface area (Å²) in [5.41, 5.74) is -1.53. The molecule has 0 saturated carbocycles. The Balaban J connectivity index is 2.52. The number of para-hydroxylation sites is 1. The van der Waals surface area contributed by atoms with Gasteiger partial charge in [0.2, 0.25) is 0 Å². The fraction of sp³-hybridized carbons (Fsp3) is 0.312. The average molecular weight is 340 g/mol. The van der Waals surface area contributed by atoms with Crippen molar-refractivity contribution in [3.8, 4) is 0 Å². The Kier molecular flexibility index (Phi) is 4.77. The molecule has 2 rings (SSSR count). The Bertz CT molecular complexity index is 790. The van der Waals surface area contributed by atoms with Gasteiger partial charge in [-0.15, -0.1) is 0 Å². The number of benzene rings is 1. The number of nitrogens with zero attached hydrogens (tertiary/aromatic N) is 2. The Morgan fingerprint density at radius 1 is 1.29 bits per heavy atom. The summed E-state index contributed by atoms with van der Waals surface area (Å²) in [5, 5.41) is 8.71. The van der Waals surface area contributed by atoms with Crippen LogP contribution in [-0.4, -0.2) is 40.5 Å². The fourth-order valence-electron chi connectivity index (χ4n) is 2.39. The molecule has 8 heteroatoms. The van der Waals surface area contributed by atoms with Gasteiger partial charge in [-0.2, -0.15) is 13.2 Å². The molecule has 0 aliphatic rings. The zero-order valence-corrected chi connectivity index (χ0v) is 13.0. The molecular weight excluding hydrogens is 325 g/mol. The predicted molar refractivity (Wildman–Crippen MR) is 80.5 cm³/mol. The van der Waals surface area contributed by atoms with E-state index in [1.54, 1.807) is 6.07 Å². The highest BCUT2D eigenvalue weighted by atomic mass is 19.4. The van der Waals surface area contributed by atoms with Crippen molar-refractivity contribution in [2.75, 3.05) is 13.6 Å². The van der Waals surface area contributed by atoms with Gasteiger partial charge < -0.3 is 10.0 Å². The Morgan fingerprint density at radius 2 is 1.92 bits per heavy atom. The van der Waals surface area contributed by atoms with Gasteiger partial charge in [-0.25, -0.2) is 0 Å². The number of fused-ring (bicyclic) bond motifs is 1. The fourth-order valence-corrected chi connectivity index (χ4v) is 2.39. The van der Waals surface area contributed by atoms with E-state index in [0.717, 1.165) is 11.1 Å². The van der Waals surface area contributed by atoms with Crippen molar-refractivity contribution in [2.45, 2.75) is 13.1 Å². The Morgan fingerprint density at radius 3 is 2.50 bits per heavy atom. The van der Waals surface area contributed by atoms with Gasteiger partial charge in [0.05, 0.1) is 22.6 Å². The molecule has 1 aromatic carbocycles. The number of carbonyl (C=O) groups is 2. The van der Waals surface area contributed by atoms with Crippen LogP contribution in [0.2, 0.25) is 0 Å². The summed E-state index contributed by atoms with van der Waals surface area (Å²) in [6.45, 7) is 1.16. The van der Waals surface area contributed by atoms with Gasteiger partial charge in [-0.1, -0.05) is 25.1 Å². The average Bonchev–Trinajstić information content (AvgIpc) is 2.51. The van der Waals surface area contributed by atoms with E-state index >= 15 is 0 Å². The van der Waals surface area contributed by atoms with Gasteiger partial charge in [0, 0.05) is 25.2 Å². The zero-order valence-electron chi connectivity index (χ0n) is 13.0. The van der Waals surface area contributed by atoms with E-state index in [9.17, 15) is 22.8 Å². The van der Waals surface area contributed by atoms with E-state index in [1.807, 2.05) is 0 Å². The molecule has 0 fully saturated rings. The highest BCUT2D eigenvalue weighted by Crippen LogP contribution is 2.37. The van der Waals surface area contributed by atoms with Crippen LogP contribution in [0.25, 0.3) is 10.9 Å². The number of pyridine rings is 1. The number of amides is 1. The minimum atomic E-state index is -4.74. The van der Waals surface area contributed by atoms with Crippen molar-refractivity contribution < 1.29 is 27.9 Å². The molecule has 1 atom stereocenters. The third kappa shape index (κ3) is 3.47. The molecule has 1 N–H and O–H groups in total. The molecule has 1 aromatic heterocycles. The first kappa shape index (κ1) is 17.7. The summed E-state index contributed by atoms with van der Waals surface area (Å²) in [7, 11) is 1.26. The van der Waals surface area contributed by atoms with E-state index in [0.29, 0.717) is 0 Å². The molecule has 0 bridgehead atoms. The third-order valence-electron chi connectivity index (χ3n) is 3.61. The number of rotatable bonds is 4. The van der Waals surface area contributed by atoms with Crippen LogP contribution >= 0.6 is 0 Å². The number of aliphatic carboxylic acids is 1. The van der Waals surface area contributed by atoms with Crippen LogP contribution in [0.4, 0.5) is 13.2 Å². The predicted octanol–water partition coefficient (Wildman–Crippen LogP) is 3.05. The van der Waals surface area contributed by atoms with Crippen molar-refractivity contribution in [1.82, 2.24) is 9.88 Å². The topological polar surface area (TPSA) is 70.5 Å². The van der Waals surface area contributed by atoms with E-state index in [-0.39, 0.29) is 17.4 Å². The highest BCUT2D eigenvalue weighted by molar-refractivity contribution is 6.00. The summed E-state index contributed by atoms with van der Waals surface area (Å²) in [6.07, 6.45) is -3.86. The van der Waals surface area contributed by atoms with Crippen molar-refractivity contribution in [3.63, 3.8) is 0 Å². The zero-order chi connectivity index (χ0) is 18.1. The minimum Gasteiger partial charge on any atom is -0.481 e. The Labute approximate surface area is 135 Å². The lowest BCUT2D eigenvalue weighted by atomic mass is 10.0. The summed E-state index contributed by atoms with van der Waals surface area (Å²) in [6, 6.07) is 5.66. The first-order chi connectivity index (χ1) is 11.1. The van der Waals surface area contributed by atoms with Crippen molar-refractivity contribution in [1.29, 1.82) is 0 Å². The lowest BCUT2D eigenvalue weighted by Gasteiger charge is -2.22. The molecule has 24 heavy (non-hydrogen) atoms. The summed E-state index contributed by atoms with van der Waals surface area (Å²) in [5.74, 6) is -2.96. The van der Waals surface area contributed by atoms with Gasteiger partial charge in [0.1, 0.15) is 0 Å². The number of hydrogen-bond acceptors (Lipinski definition) is 3. The third-order valence-corrected chi connectivity index (χ3v) is 3.61. The molecule has 1 heterocycles. The number of carbonyl (C=O) groups excluding carboxylic acids is 1. The highest BCUT2D eigenvalue weighted by Gasteiger charge is 2.38. The maximum absolute atomic E-state index is 13.5. The summed E-state index contributed by atoms with van der Waals surface area (Å²) >= 11 is 0. The second-order valence-electron chi connectivity index (χ2n) is 5.49.